The Morgan fingerprint density at radius 2 is 2.45 bits per heavy atom. The fourth-order valence-corrected chi connectivity index (χ4v) is 3.35. The summed E-state index contributed by atoms with van der Waals surface area (Å²) < 4.78 is 0.0548. The van der Waals surface area contributed by atoms with E-state index in [4.69, 9.17) is 5.11 Å². The molecule has 2 heterocycles. The number of hydrogen-bond acceptors (Lipinski definition) is 6. The smallest absolute Gasteiger partial charge is 0.339 e. The standard InChI is InChI=1S/C12H15N3O4S/c1-12(3-2-4-20-12)7-14-10-9(11(16)17)5-8(6-13-10)15(18)19/h5-6H,2-4,7H2,1H3,(H,13,14)(H,16,17). The molecule has 20 heavy (non-hydrogen) atoms. The minimum atomic E-state index is -1.23. The Bertz CT molecular complexity index is 544. The molecular formula is C12H15N3O4S. The van der Waals surface area contributed by atoms with E-state index in [0.717, 1.165) is 30.9 Å². The van der Waals surface area contributed by atoms with Gasteiger partial charge in [0.05, 0.1) is 4.92 Å². The van der Waals surface area contributed by atoms with Gasteiger partial charge < -0.3 is 10.4 Å². The topological polar surface area (TPSA) is 105 Å². The Morgan fingerprint density at radius 1 is 1.70 bits per heavy atom. The van der Waals surface area contributed by atoms with Crippen molar-refractivity contribution in [3.05, 3.63) is 27.9 Å². The summed E-state index contributed by atoms with van der Waals surface area (Å²) in [5.41, 5.74) is -0.500. The molecule has 8 heteroatoms. The van der Waals surface area contributed by atoms with Gasteiger partial charge in [-0.2, -0.15) is 11.8 Å². The zero-order valence-electron chi connectivity index (χ0n) is 11.0. The van der Waals surface area contributed by atoms with Crippen molar-refractivity contribution in [2.45, 2.75) is 24.5 Å². The van der Waals surface area contributed by atoms with Gasteiger partial charge in [-0.1, -0.05) is 0 Å². The maximum atomic E-state index is 11.2. The molecule has 2 rings (SSSR count). The SMILES string of the molecule is CC1(CNc2ncc([N+](=O)[O-])cc2C(=O)O)CCCS1. The summed E-state index contributed by atoms with van der Waals surface area (Å²) in [6.45, 7) is 2.70. The average molecular weight is 297 g/mol. The molecule has 1 atom stereocenters. The maximum Gasteiger partial charge on any atom is 0.339 e. The van der Waals surface area contributed by atoms with Gasteiger partial charge in [-0.15, -0.1) is 0 Å². The van der Waals surface area contributed by atoms with E-state index in [9.17, 15) is 14.9 Å². The van der Waals surface area contributed by atoms with Gasteiger partial charge >= 0.3 is 5.97 Å². The van der Waals surface area contributed by atoms with Crippen molar-refractivity contribution in [3.8, 4) is 0 Å². The number of hydrogen-bond donors (Lipinski definition) is 2. The maximum absolute atomic E-state index is 11.2. The van der Waals surface area contributed by atoms with Crippen LogP contribution in [0.5, 0.6) is 0 Å². The number of carboxylic acid groups (broad SMARTS) is 1. The first kappa shape index (κ1) is 14.6. The van der Waals surface area contributed by atoms with Crippen molar-refractivity contribution in [2.24, 2.45) is 0 Å². The lowest BCUT2D eigenvalue weighted by Gasteiger charge is -2.23. The second kappa shape index (κ2) is 5.66. The second-order valence-electron chi connectivity index (χ2n) is 4.91. The van der Waals surface area contributed by atoms with Crippen LogP contribution in [-0.2, 0) is 0 Å². The van der Waals surface area contributed by atoms with Crippen LogP contribution < -0.4 is 5.32 Å². The number of carboxylic acids is 1. The Labute approximate surface area is 119 Å². The molecular weight excluding hydrogens is 282 g/mol. The number of nitrogens with zero attached hydrogens (tertiary/aromatic N) is 2. The van der Waals surface area contributed by atoms with E-state index < -0.39 is 10.9 Å². The van der Waals surface area contributed by atoms with Gasteiger partial charge in [0.2, 0.25) is 0 Å². The second-order valence-corrected chi connectivity index (χ2v) is 6.59. The highest BCUT2D eigenvalue weighted by atomic mass is 32.2. The van der Waals surface area contributed by atoms with E-state index in [0.29, 0.717) is 6.54 Å². The van der Waals surface area contributed by atoms with Crippen molar-refractivity contribution in [1.29, 1.82) is 0 Å². The molecule has 1 aliphatic rings. The van der Waals surface area contributed by atoms with Crippen molar-refractivity contribution >= 4 is 29.2 Å². The summed E-state index contributed by atoms with van der Waals surface area (Å²) >= 11 is 1.84. The summed E-state index contributed by atoms with van der Waals surface area (Å²) in [4.78, 5) is 25.0. The molecule has 0 amide bonds. The van der Waals surface area contributed by atoms with Crippen LogP contribution in [0.25, 0.3) is 0 Å². The monoisotopic (exact) mass is 297 g/mol. The van der Waals surface area contributed by atoms with Crippen LogP contribution in [0.1, 0.15) is 30.1 Å². The normalized spacial score (nSPS) is 21.6. The predicted octanol–water partition coefficient (Wildman–Crippen LogP) is 2.39. The molecule has 0 radical (unpaired) electrons. The molecule has 0 bridgehead atoms. The minimum Gasteiger partial charge on any atom is -0.478 e. The summed E-state index contributed by atoms with van der Waals surface area (Å²) in [6, 6.07) is 1.03. The summed E-state index contributed by atoms with van der Waals surface area (Å²) in [7, 11) is 0. The van der Waals surface area contributed by atoms with E-state index in [1.165, 1.54) is 0 Å². The number of thioether (sulfide) groups is 1. The van der Waals surface area contributed by atoms with Crippen molar-refractivity contribution < 1.29 is 14.8 Å². The predicted molar refractivity (Wildman–Crippen MR) is 76.4 cm³/mol. The Balaban J connectivity index is 2.18. The van der Waals surface area contributed by atoms with Crippen molar-refractivity contribution in [3.63, 3.8) is 0 Å². The third-order valence-corrected chi connectivity index (χ3v) is 4.78. The molecule has 1 unspecified atom stereocenters. The number of aromatic nitrogens is 1. The third kappa shape index (κ3) is 3.19. The van der Waals surface area contributed by atoms with E-state index in [1.54, 1.807) is 0 Å². The first-order valence-electron chi connectivity index (χ1n) is 6.17. The molecule has 2 N–H and O–H groups in total. The van der Waals surface area contributed by atoms with E-state index in [1.807, 2.05) is 11.8 Å². The van der Waals surface area contributed by atoms with Crippen molar-refractivity contribution in [2.75, 3.05) is 17.6 Å². The first-order chi connectivity index (χ1) is 9.41. The van der Waals surface area contributed by atoms with Gasteiger partial charge in [0, 0.05) is 17.4 Å². The highest BCUT2D eigenvalue weighted by Gasteiger charge is 2.30. The van der Waals surface area contributed by atoms with Gasteiger partial charge in [0.15, 0.2) is 0 Å². The van der Waals surface area contributed by atoms with Crippen LogP contribution in [0, 0.1) is 10.1 Å². The first-order valence-corrected chi connectivity index (χ1v) is 7.15. The van der Waals surface area contributed by atoms with Crippen LogP contribution in [0.3, 0.4) is 0 Å². The van der Waals surface area contributed by atoms with Crippen molar-refractivity contribution in [1.82, 2.24) is 4.98 Å². The number of nitrogens with one attached hydrogen (secondary N) is 1. The quantitative estimate of drug-likeness (QED) is 0.635. The highest BCUT2D eigenvalue weighted by Crippen LogP contribution is 2.37. The lowest BCUT2D eigenvalue weighted by Crippen LogP contribution is -2.28. The van der Waals surface area contributed by atoms with Crippen LogP contribution >= 0.6 is 11.8 Å². The number of aromatic carboxylic acids is 1. The van der Waals surface area contributed by atoms with E-state index in [2.05, 4.69) is 17.2 Å². The number of pyridine rings is 1. The lowest BCUT2D eigenvalue weighted by atomic mass is 10.1. The van der Waals surface area contributed by atoms with Crippen LogP contribution in [0.2, 0.25) is 0 Å². The molecule has 1 aliphatic heterocycles. The molecule has 108 valence electrons. The van der Waals surface area contributed by atoms with Gasteiger partial charge in [-0.05, 0) is 25.5 Å². The highest BCUT2D eigenvalue weighted by molar-refractivity contribution is 8.00. The Morgan fingerprint density at radius 3 is 3.00 bits per heavy atom. The van der Waals surface area contributed by atoms with Gasteiger partial charge in [-0.3, -0.25) is 10.1 Å². The van der Waals surface area contributed by atoms with Crippen LogP contribution in [0.4, 0.5) is 11.5 Å². The zero-order chi connectivity index (χ0) is 14.8. The fourth-order valence-electron chi connectivity index (χ4n) is 2.10. The summed E-state index contributed by atoms with van der Waals surface area (Å²) in [5.74, 6) is 0.0437. The molecule has 1 aromatic rings. The Hall–Kier alpha value is -1.83. The third-order valence-electron chi connectivity index (χ3n) is 3.24. The molecule has 1 fully saturated rings. The van der Waals surface area contributed by atoms with E-state index in [-0.39, 0.29) is 21.8 Å². The Kier molecular flexibility index (Phi) is 4.12. The van der Waals surface area contributed by atoms with Gasteiger partial charge in [0.25, 0.3) is 5.69 Å². The number of carbonyl (C=O) groups is 1. The minimum absolute atomic E-state index is 0.0548. The average Bonchev–Trinajstić information content (AvgIpc) is 2.83. The van der Waals surface area contributed by atoms with E-state index >= 15 is 0 Å². The summed E-state index contributed by atoms with van der Waals surface area (Å²) in [5, 5.41) is 22.8. The molecule has 1 aromatic heterocycles. The number of rotatable bonds is 5. The van der Waals surface area contributed by atoms with Crippen LogP contribution in [-0.4, -0.2) is 38.0 Å². The molecule has 0 aliphatic carbocycles. The number of anilines is 1. The van der Waals surface area contributed by atoms with Crippen LogP contribution in [0.15, 0.2) is 12.3 Å². The molecule has 7 nitrogen and oxygen atoms in total. The lowest BCUT2D eigenvalue weighted by molar-refractivity contribution is -0.385. The van der Waals surface area contributed by atoms with Gasteiger partial charge in [0.1, 0.15) is 17.6 Å². The molecule has 0 spiro atoms. The zero-order valence-corrected chi connectivity index (χ0v) is 11.8. The fraction of sp³-hybridized carbons (Fsp3) is 0.500. The number of nitro groups is 1. The molecule has 1 saturated heterocycles. The summed E-state index contributed by atoms with van der Waals surface area (Å²) in [6.07, 6.45) is 3.27. The largest absolute Gasteiger partial charge is 0.478 e. The van der Waals surface area contributed by atoms with Gasteiger partial charge in [-0.25, -0.2) is 9.78 Å². The molecule has 0 saturated carbocycles. The molecule has 0 aromatic carbocycles.